The van der Waals surface area contributed by atoms with E-state index in [1.54, 1.807) is 0 Å². The van der Waals surface area contributed by atoms with E-state index in [0.717, 1.165) is 12.1 Å². The number of hydrogen-bond donors (Lipinski definition) is 1. The Morgan fingerprint density at radius 2 is 1.54 bits per heavy atom. The number of unbranched alkanes of at least 4 members (excludes halogenated alkanes) is 2. The second-order valence-corrected chi connectivity index (χ2v) is 9.15. The van der Waals surface area contributed by atoms with Crippen LogP contribution in [0.25, 0.3) is 0 Å². The van der Waals surface area contributed by atoms with E-state index in [2.05, 4.69) is 65.4 Å². The molecule has 0 aliphatic heterocycles. The van der Waals surface area contributed by atoms with Gasteiger partial charge >= 0.3 is 0 Å². The van der Waals surface area contributed by atoms with Crippen LogP contribution in [0.4, 0.5) is 4.39 Å². The lowest BCUT2D eigenvalue weighted by Crippen LogP contribution is -2.36. The smallest absolute Gasteiger partial charge is 0.123 e. The van der Waals surface area contributed by atoms with Gasteiger partial charge in [-0.15, -0.1) is 0 Å². The molecule has 4 heteroatoms. The number of carbonyl (C=O) groups is 1. The van der Waals surface area contributed by atoms with E-state index < -0.39 is 0 Å². The maximum atomic E-state index is 12.6. The van der Waals surface area contributed by atoms with Gasteiger partial charge < -0.3 is 10.1 Å². The molecule has 1 aromatic rings. The fourth-order valence-electron chi connectivity index (χ4n) is 3.65. The molecular weight excluding hydrogens is 459 g/mol. The third-order valence-corrected chi connectivity index (χ3v) is 6.09. The maximum absolute atomic E-state index is 12.6. The predicted molar refractivity (Wildman–Crippen MR) is 167 cm³/mol. The number of allylic oxidation sites excluding steroid dienone is 3. The summed E-state index contributed by atoms with van der Waals surface area (Å²) >= 11 is 0. The van der Waals surface area contributed by atoms with Crippen LogP contribution in [0.15, 0.2) is 53.6 Å². The van der Waals surface area contributed by atoms with E-state index in [1.807, 2.05) is 65.8 Å². The first-order chi connectivity index (χ1) is 17.6. The van der Waals surface area contributed by atoms with Crippen molar-refractivity contribution in [3.63, 3.8) is 0 Å². The van der Waals surface area contributed by atoms with Crippen molar-refractivity contribution in [1.29, 1.82) is 0 Å². The second kappa shape index (κ2) is 28.5. The lowest BCUT2D eigenvalue weighted by Gasteiger charge is -2.26. The lowest BCUT2D eigenvalue weighted by atomic mass is 9.81. The zero-order valence-corrected chi connectivity index (χ0v) is 26.5. The van der Waals surface area contributed by atoms with Crippen LogP contribution in [0.2, 0.25) is 0 Å². The molecule has 0 bridgehead atoms. The van der Waals surface area contributed by atoms with E-state index in [-0.39, 0.29) is 11.4 Å². The number of nitrogens with zero attached hydrogens (tertiary/aromatic N) is 1. The molecule has 0 radical (unpaired) electrons. The number of aliphatic imine (C=N–C) groups is 1. The van der Waals surface area contributed by atoms with Gasteiger partial charge in [0.05, 0.1) is 0 Å². The molecule has 216 valence electrons. The zero-order chi connectivity index (χ0) is 29.9. The van der Waals surface area contributed by atoms with Gasteiger partial charge in [-0.05, 0) is 84.0 Å². The van der Waals surface area contributed by atoms with Crippen LogP contribution in [0.1, 0.15) is 114 Å². The lowest BCUT2D eigenvalue weighted by molar-refractivity contribution is -0.0980. The van der Waals surface area contributed by atoms with E-state index in [4.69, 9.17) is 4.79 Å². The summed E-state index contributed by atoms with van der Waals surface area (Å²) in [6, 6.07) is 6.62. The summed E-state index contributed by atoms with van der Waals surface area (Å²) in [5.41, 5.74) is 3.70. The highest BCUT2D eigenvalue weighted by Gasteiger charge is 2.21. The van der Waals surface area contributed by atoms with Crippen LogP contribution >= 0.6 is 0 Å². The molecule has 2 atom stereocenters. The molecule has 0 aromatic heterocycles. The molecule has 1 N–H and O–H groups in total. The number of halogens is 1. The predicted octanol–water partition coefficient (Wildman–Crippen LogP) is 9.97. The van der Waals surface area contributed by atoms with E-state index in [0.29, 0.717) is 11.8 Å². The Labute approximate surface area is 231 Å². The van der Waals surface area contributed by atoms with Gasteiger partial charge in [-0.3, -0.25) is 4.99 Å². The largest absolute Gasteiger partial charge is 0.308 e. The number of nitrogens with one attached hydrogen (secondary N) is 1. The summed E-state index contributed by atoms with van der Waals surface area (Å²) in [6.45, 7) is 30.1. The fourth-order valence-corrected chi connectivity index (χ4v) is 3.65. The van der Waals surface area contributed by atoms with Gasteiger partial charge in [0.25, 0.3) is 0 Å². The Morgan fingerprint density at radius 1 is 1.05 bits per heavy atom. The quantitative estimate of drug-likeness (QED) is 0.179. The monoisotopic (exact) mass is 520 g/mol. The Bertz CT molecular complexity index is 689. The molecule has 0 saturated heterocycles. The highest BCUT2D eigenvalue weighted by atomic mass is 19.1. The first-order valence-electron chi connectivity index (χ1n) is 14.0. The molecule has 0 spiro atoms. The maximum Gasteiger partial charge on any atom is 0.123 e. The molecule has 0 aliphatic carbocycles. The van der Waals surface area contributed by atoms with E-state index in [1.165, 1.54) is 55.5 Å². The minimum atomic E-state index is -0.184. The van der Waals surface area contributed by atoms with Gasteiger partial charge in [0.2, 0.25) is 0 Å². The second-order valence-electron chi connectivity index (χ2n) is 9.15. The zero-order valence-electron chi connectivity index (χ0n) is 26.5. The van der Waals surface area contributed by atoms with Crippen molar-refractivity contribution < 1.29 is 9.18 Å². The van der Waals surface area contributed by atoms with Gasteiger partial charge in [0.1, 0.15) is 12.6 Å². The molecule has 3 nitrogen and oxygen atoms in total. The molecule has 0 fully saturated rings. The molecule has 2 unspecified atom stereocenters. The minimum absolute atomic E-state index is 0.0809. The van der Waals surface area contributed by atoms with Crippen molar-refractivity contribution in [2.45, 2.75) is 114 Å². The van der Waals surface area contributed by atoms with Crippen LogP contribution in [0, 0.1) is 17.7 Å². The third kappa shape index (κ3) is 21.7. The SMILES string of the molecule is C/C=C\C.C=C(C)C(C)C(CC)C(CCCCC)=NC.C=O.CC.CCNC(C)(C)c1ccc(F)cc1. The summed E-state index contributed by atoms with van der Waals surface area (Å²) < 4.78 is 12.6. The molecule has 0 amide bonds. The van der Waals surface area contributed by atoms with Crippen molar-refractivity contribution in [3.8, 4) is 0 Å². The van der Waals surface area contributed by atoms with Gasteiger partial charge in [0, 0.05) is 24.2 Å². The van der Waals surface area contributed by atoms with Crippen molar-refractivity contribution in [2.75, 3.05) is 13.6 Å². The van der Waals surface area contributed by atoms with Crippen molar-refractivity contribution in [2.24, 2.45) is 16.8 Å². The van der Waals surface area contributed by atoms with Gasteiger partial charge in [-0.2, -0.15) is 0 Å². The average Bonchev–Trinajstić information content (AvgIpc) is 2.91. The van der Waals surface area contributed by atoms with E-state index in [9.17, 15) is 4.39 Å². The molecule has 37 heavy (non-hydrogen) atoms. The molecule has 0 saturated carbocycles. The van der Waals surface area contributed by atoms with Crippen molar-refractivity contribution in [3.05, 3.63) is 60.0 Å². The van der Waals surface area contributed by atoms with Crippen LogP contribution in [0.3, 0.4) is 0 Å². The van der Waals surface area contributed by atoms with Gasteiger partial charge in [-0.1, -0.05) is 90.8 Å². The highest BCUT2D eigenvalue weighted by Crippen LogP contribution is 2.25. The van der Waals surface area contributed by atoms with Crippen molar-refractivity contribution >= 4 is 12.5 Å². The molecule has 1 aromatic carbocycles. The minimum Gasteiger partial charge on any atom is -0.308 e. The Kier molecular flexibility index (Phi) is 32.4. The van der Waals surface area contributed by atoms with Crippen LogP contribution in [-0.4, -0.2) is 26.1 Å². The van der Waals surface area contributed by atoms with Crippen molar-refractivity contribution in [1.82, 2.24) is 5.32 Å². The number of rotatable bonds is 11. The molecule has 1 rings (SSSR count). The summed E-state index contributed by atoms with van der Waals surface area (Å²) in [7, 11) is 1.94. The fraction of sp³-hybridized carbons (Fsp3) is 0.636. The summed E-state index contributed by atoms with van der Waals surface area (Å²) in [6.07, 6.45) is 10.2. The first-order valence-corrected chi connectivity index (χ1v) is 14.0. The summed E-state index contributed by atoms with van der Waals surface area (Å²) in [4.78, 5) is 12.5. The summed E-state index contributed by atoms with van der Waals surface area (Å²) in [5.74, 6) is 0.973. The first kappa shape index (κ1) is 42.0. The Balaban J connectivity index is -0.000000232. The Morgan fingerprint density at radius 3 is 1.86 bits per heavy atom. The van der Waals surface area contributed by atoms with Crippen LogP contribution in [-0.2, 0) is 10.3 Å². The topological polar surface area (TPSA) is 41.5 Å². The molecular formula is C33H61FN2O. The summed E-state index contributed by atoms with van der Waals surface area (Å²) in [5, 5.41) is 3.34. The number of carbonyl (C=O) groups excluding carboxylic acids is 1. The molecule has 0 aliphatic rings. The molecule has 0 heterocycles. The number of benzene rings is 1. The van der Waals surface area contributed by atoms with Crippen LogP contribution in [0.5, 0.6) is 0 Å². The van der Waals surface area contributed by atoms with Gasteiger partial charge in [-0.25, -0.2) is 4.39 Å². The normalized spacial score (nSPS) is 12.3. The number of hydrogen-bond acceptors (Lipinski definition) is 3. The highest BCUT2D eigenvalue weighted by molar-refractivity contribution is 5.87. The van der Waals surface area contributed by atoms with Gasteiger partial charge in [0.15, 0.2) is 0 Å². The van der Waals surface area contributed by atoms with E-state index >= 15 is 0 Å². The standard InChI is InChI=1S/C15H29N.C11H16FN.C4H8.C2H6.CH2O/c1-7-9-10-11-15(16-6)14(8-2)13(5)12(3)4;1-4-13-11(2,3)9-5-7-10(12)8-6-9;1-3-4-2;2*1-2/h13-14H,3,7-11H2,1-2,4-6H3;5-8,13H,4H2,1-3H3;3-4H,1-2H3;1-2H3;1H2/b;;4-3-;;. The Hall–Kier alpha value is -2.07. The average molecular weight is 521 g/mol. The van der Waals surface area contributed by atoms with Crippen LogP contribution < -0.4 is 5.32 Å². The third-order valence-electron chi connectivity index (χ3n) is 6.09.